The fraction of sp³-hybridized carbons (Fsp3) is 0.182. The first-order valence-electron chi connectivity index (χ1n) is 5.15. The normalized spacial score (nSPS) is 10.2. The first-order valence-corrected chi connectivity index (χ1v) is 6.03. The third-order valence-corrected chi connectivity index (χ3v) is 3.01. The van der Waals surface area contributed by atoms with E-state index in [4.69, 9.17) is 0 Å². The Bertz CT molecular complexity index is 539. The number of aromatic nitrogens is 1. The minimum atomic E-state index is -0.387. The maximum atomic E-state index is 10.9. The Morgan fingerprint density at radius 2 is 2.24 bits per heavy atom. The summed E-state index contributed by atoms with van der Waals surface area (Å²) in [5.74, 6) is 0. The molecule has 0 saturated heterocycles. The fourth-order valence-electron chi connectivity index (χ4n) is 1.48. The highest BCUT2D eigenvalue weighted by Gasteiger charge is 2.16. The van der Waals surface area contributed by atoms with Crippen molar-refractivity contribution in [2.24, 2.45) is 0 Å². The van der Waals surface area contributed by atoms with Crippen LogP contribution in [0.1, 0.15) is 6.92 Å². The van der Waals surface area contributed by atoms with E-state index < -0.39 is 0 Å². The molecule has 1 heterocycles. The van der Waals surface area contributed by atoms with Gasteiger partial charge < -0.3 is 5.32 Å². The van der Waals surface area contributed by atoms with Gasteiger partial charge in [0, 0.05) is 18.0 Å². The van der Waals surface area contributed by atoms with E-state index in [9.17, 15) is 10.1 Å². The van der Waals surface area contributed by atoms with Crippen LogP contribution in [0.2, 0.25) is 0 Å². The van der Waals surface area contributed by atoms with Gasteiger partial charge in [0.1, 0.15) is 0 Å². The molecule has 6 heteroatoms. The van der Waals surface area contributed by atoms with Crippen LogP contribution in [0.5, 0.6) is 0 Å². The van der Waals surface area contributed by atoms with E-state index in [1.165, 1.54) is 17.4 Å². The molecule has 0 fully saturated rings. The molecule has 2 rings (SSSR count). The summed E-state index contributed by atoms with van der Waals surface area (Å²) in [5.41, 5.74) is 1.28. The SMILES string of the molecule is CCNc1nc(-c2ccccc2[N+](=O)[O-])cs1. The van der Waals surface area contributed by atoms with Gasteiger partial charge in [-0.05, 0) is 13.0 Å². The van der Waals surface area contributed by atoms with Gasteiger partial charge in [-0.15, -0.1) is 11.3 Å². The molecule has 1 N–H and O–H groups in total. The zero-order chi connectivity index (χ0) is 12.3. The number of nitrogens with one attached hydrogen (secondary N) is 1. The molecule has 0 amide bonds. The van der Waals surface area contributed by atoms with Crippen LogP contribution < -0.4 is 5.32 Å². The third-order valence-electron chi connectivity index (χ3n) is 2.21. The van der Waals surface area contributed by atoms with E-state index in [0.717, 1.165) is 11.7 Å². The number of anilines is 1. The molecule has 1 aromatic carbocycles. The molecular weight excluding hydrogens is 238 g/mol. The first-order chi connectivity index (χ1) is 8.22. The van der Waals surface area contributed by atoms with Gasteiger partial charge in [-0.1, -0.05) is 12.1 Å². The number of hydrogen-bond acceptors (Lipinski definition) is 5. The predicted octanol–water partition coefficient (Wildman–Crippen LogP) is 3.15. The minimum Gasteiger partial charge on any atom is -0.362 e. The average Bonchev–Trinajstić information content (AvgIpc) is 2.78. The van der Waals surface area contributed by atoms with Crippen molar-refractivity contribution in [2.45, 2.75) is 6.92 Å². The van der Waals surface area contributed by atoms with E-state index in [0.29, 0.717) is 11.3 Å². The lowest BCUT2D eigenvalue weighted by Gasteiger charge is -1.98. The van der Waals surface area contributed by atoms with Crippen LogP contribution >= 0.6 is 11.3 Å². The summed E-state index contributed by atoms with van der Waals surface area (Å²) in [4.78, 5) is 14.8. The number of nitro benzene ring substituents is 1. The second-order valence-electron chi connectivity index (χ2n) is 3.34. The van der Waals surface area contributed by atoms with E-state index in [2.05, 4.69) is 10.3 Å². The zero-order valence-corrected chi connectivity index (χ0v) is 10.0. The molecule has 0 bridgehead atoms. The summed E-state index contributed by atoms with van der Waals surface area (Å²) in [6.07, 6.45) is 0. The molecule has 0 radical (unpaired) electrons. The lowest BCUT2D eigenvalue weighted by atomic mass is 10.1. The summed E-state index contributed by atoms with van der Waals surface area (Å²) in [5, 5.41) is 16.6. The van der Waals surface area contributed by atoms with Gasteiger partial charge in [0.2, 0.25) is 0 Å². The lowest BCUT2D eigenvalue weighted by Crippen LogP contribution is -1.95. The number of nitro groups is 1. The first kappa shape index (κ1) is 11.5. The fourth-order valence-corrected chi connectivity index (χ4v) is 2.26. The quantitative estimate of drug-likeness (QED) is 0.667. The van der Waals surface area contributed by atoms with Gasteiger partial charge >= 0.3 is 0 Å². The van der Waals surface area contributed by atoms with Crippen LogP contribution in [0.4, 0.5) is 10.8 Å². The van der Waals surface area contributed by atoms with Crippen molar-refractivity contribution < 1.29 is 4.92 Å². The molecule has 5 nitrogen and oxygen atoms in total. The van der Waals surface area contributed by atoms with Gasteiger partial charge in [-0.3, -0.25) is 10.1 Å². The smallest absolute Gasteiger partial charge is 0.278 e. The minimum absolute atomic E-state index is 0.0841. The Morgan fingerprint density at radius 1 is 1.47 bits per heavy atom. The Kier molecular flexibility index (Phi) is 3.34. The number of nitrogens with zero attached hydrogens (tertiary/aromatic N) is 2. The summed E-state index contributed by atoms with van der Waals surface area (Å²) < 4.78 is 0. The van der Waals surface area contributed by atoms with E-state index in [1.807, 2.05) is 12.3 Å². The van der Waals surface area contributed by atoms with Crippen LogP contribution in [0.3, 0.4) is 0 Å². The Hall–Kier alpha value is -1.95. The van der Waals surface area contributed by atoms with Crippen LogP contribution in [0, 0.1) is 10.1 Å². The topological polar surface area (TPSA) is 68.1 Å². The van der Waals surface area contributed by atoms with Crippen molar-refractivity contribution >= 4 is 22.2 Å². The Balaban J connectivity index is 2.41. The molecule has 0 aliphatic rings. The van der Waals surface area contributed by atoms with Gasteiger partial charge in [-0.2, -0.15) is 0 Å². The molecule has 0 aliphatic carbocycles. The van der Waals surface area contributed by atoms with Crippen molar-refractivity contribution in [2.75, 3.05) is 11.9 Å². The molecule has 2 aromatic rings. The standard InChI is InChI=1S/C11H11N3O2S/c1-2-12-11-13-9(7-17-11)8-5-3-4-6-10(8)14(15)16/h3-7H,2H2,1H3,(H,12,13). The van der Waals surface area contributed by atoms with Crippen molar-refractivity contribution in [3.05, 3.63) is 39.8 Å². The van der Waals surface area contributed by atoms with Crippen molar-refractivity contribution in [3.63, 3.8) is 0 Å². The molecule has 0 spiro atoms. The highest BCUT2D eigenvalue weighted by molar-refractivity contribution is 7.14. The van der Waals surface area contributed by atoms with Crippen molar-refractivity contribution in [3.8, 4) is 11.3 Å². The molecule has 88 valence electrons. The zero-order valence-electron chi connectivity index (χ0n) is 9.21. The van der Waals surface area contributed by atoms with E-state index >= 15 is 0 Å². The monoisotopic (exact) mass is 249 g/mol. The highest BCUT2D eigenvalue weighted by Crippen LogP contribution is 2.31. The molecular formula is C11H11N3O2S. The summed E-state index contributed by atoms with van der Waals surface area (Å²) in [6, 6.07) is 6.62. The second kappa shape index (κ2) is 4.92. The molecule has 17 heavy (non-hydrogen) atoms. The maximum absolute atomic E-state index is 10.9. The third kappa shape index (κ3) is 2.42. The number of para-hydroxylation sites is 1. The summed E-state index contributed by atoms with van der Waals surface area (Å²) in [6.45, 7) is 2.76. The largest absolute Gasteiger partial charge is 0.362 e. The van der Waals surface area contributed by atoms with Gasteiger partial charge in [0.05, 0.1) is 16.2 Å². The molecule has 0 unspecified atom stereocenters. The van der Waals surface area contributed by atoms with E-state index in [1.54, 1.807) is 18.2 Å². The van der Waals surface area contributed by atoms with Crippen molar-refractivity contribution in [1.29, 1.82) is 0 Å². The van der Waals surface area contributed by atoms with Crippen LogP contribution in [0.25, 0.3) is 11.3 Å². The second-order valence-corrected chi connectivity index (χ2v) is 4.20. The lowest BCUT2D eigenvalue weighted by molar-refractivity contribution is -0.384. The van der Waals surface area contributed by atoms with Crippen molar-refractivity contribution in [1.82, 2.24) is 4.98 Å². The Morgan fingerprint density at radius 3 is 2.94 bits per heavy atom. The summed E-state index contributed by atoms with van der Waals surface area (Å²) in [7, 11) is 0. The van der Waals surface area contributed by atoms with Gasteiger partial charge in [0.25, 0.3) is 5.69 Å². The molecule has 0 aliphatic heterocycles. The number of rotatable bonds is 4. The average molecular weight is 249 g/mol. The highest BCUT2D eigenvalue weighted by atomic mass is 32.1. The van der Waals surface area contributed by atoms with Crippen LogP contribution in [0.15, 0.2) is 29.6 Å². The number of hydrogen-bond donors (Lipinski definition) is 1. The number of benzene rings is 1. The van der Waals surface area contributed by atoms with Gasteiger partial charge in [0.15, 0.2) is 5.13 Å². The summed E-state index contributed by atoms with van der Waals surface area (Å²) >= 11 is 1.44. The number of thiazole rings is 1. The van der Waals surface area contributed by atoms with Gasteiger partial charge in [-0.25, -0.2) is 4.98 Å². The Labute approximate surface area is 102 Å². The molecule has 1 aromatic heterocycles. The molecule has 0 saturated carbocycles. The predicted molar refractivity (Wildman–Crippen MR) is 68.4 cm³/mol. The molecule has 0 atom stereocenters. The van der Waals surface area contributed by atoms with E-state index in [-0.39, 0.29) is 10.6 Å². The van der Waals surface area contributed by atoms with Crippen LogP contribution in [-0.4, -0.2) is 16.5 Å². The maximum Gasteiger partial charge on any atom is 0.278 e. The van der Waals surface area contributed by atoms with Crippen LogP contribution in [-0.2, 0) is 0 Å².